The highest BCUT2D eigenvalue weighted by Crippen LogP contribution is 2.35. The van der Waals surface area contributed by atoms with E-state index < -0.39 is 5.97 Å². The quantitative estimate of drug-likeness (QED) is 0.795. The number of methoxy groups -OCH3 is 1. The fraction of sp³-hybridized carbons (Fsp3) is 0.474. The minimum atomic E-state index is -0.947. The van der Waals surface area contributed by atoms with Crippen molar-refractivity contribution < 1.29 is 19.4 Å². The average Bonchev–Trinajstić information content (AvgIpc) is 3.04. The van der Waals surface area contributed by atoms with Crippen molar-refractivity contribution in [3.8, 4) is 22.1 Å². The summed E-state index contributed by atoms with van der Waals surface area (Å²) in [6, 6.07) is 5.59. The molecule has 0 saturated carbocycles. The lowest BCUT2D eigenvalue weighted by molar-refractivity contribution is 0.0701. The Bertz CT molecular complexity index is 769. The third-order valence-corrected chi connectivity index (χ3v) is 5.71. The van der Waals surface area contributed by atoms with Gasteiger partial charge in [-0.3, -0.25) is 4.90 Å². The number of hydrogen-bond acceptors (Lipinski definition) is 6. The number of benzene rings is 1. The maximum atomic E-state index is 11.2. The van der Waals surface area contributed by atoms with Gasteiger partial charge in [-0.1, -0.05) is 6.42 Å². The Balaban J connectivity index is 1.73. The highest BCUT2D eigenvalue weighted by atomic mass is 32.1. The van der Waals surface area contributed by atoms with Crippen molar-refractivity contribution >= 4 is 17.3 Å². The predicted octanol–water partition coefficient (Wildman–Crippen LogP) is 3.69. The minimum absolute atomic E-state index is 0.267. The smallest absolute Gasteiger partial charge is 0.347 e. The van der Waals surface area contributed by atoms with Crippen LogP contribution in [-0.2, 0) is 0 Å². The van der Waals surface area contributed by atoms with Crippen LogP contribution < -0.4 is 9.47 Å². The van der Waals surface area contributed by atoms with Gasteiger partial charge in [0.05, 0.1) is 12.8 Å². The molecular weight excluding hydrogens is 352 g/mol. The first-order chi connectivity index (χ1) is 12.6. The third-order valence-electron chi connectivity index (χ3n) is 4.52. The van der Waals surface area contributed by atoms with Crippen molar-refractivity contribution in [2.45, 2.75) is 26.2 Å². The zero-order valence-corrected chi connectivity index (χ0v) is 16.0. The van der Waals surface area contributed by atoms with E-state index >= 15 is 0 Å². The zero-order chi connectivity index (χ0) is 18.5. The molecule has 1 aromatic heterocycles. The number of rotatable bonds is 7. The number of carboxylic acid groups (broad SMARTS) is 1. The molecule has 0 spiro atoms. The van der Waals surface area contributed by atoms with Crippen molar-refractivity contribution in [2.24, 2.45) is 0 Å². The van der Waals surface area contributed by atoms with Gasteiger partial charge in [-0.15, -0.1) is 11.3 Å². The molecule has 0 unspecified atom stereocenters. The number of carbonyl (C=O) groups is 1. The van der Waals surface area contributed by atoms with Gasteiger partial charge >= 0.3 is 5.97 Å². The summed E-state index contributed by atoms with van der Waals surface area (Å²) in [7, 11) is 1.61. The summed E-state index contributed by atoms with van der Waals surface area (Å²) in [5.74, 6) is 0.378. The molecule has 1 aromatic carbocycles. The number of aryl methyl sites for hydroxylation is 1. The SMILES string of the molecule is COc1ccc(-c2nc(C)c(C(=O)O)s2)cc1OCCN1CCCCC1. The minimum Gasteiger partial charge on any atom is -0.493 e. The molecule has 2 heterocycles. The molecule has 0 bridgehead atoms. The number of ether oxygens (including phenoxy) is 2. The van der Waals surface area contributed by atoms with E-state index in [4.69, 9.17) is 9.47 Å². The standard InChI is InChI=1S/C19H24N2O4S/c1-13-17(19(22)23)26-18(20-13)14-6-7-15(24-2)16(12-14)25-11-10-21-8-4-3-5-9-21/h6-7,12H,3-5,8-11H2,1-2H3,(H,22,23). The van der Waals surface area contributed by atoms with Crippen molar-refractivity contribution in [2.75, 3.05) is 33.4 Å². The van der Waals surface area contributed by atoms with Gasteiger partial charge in [0, 0.05) is 12.1 Å². The molecule has 0 atom stereocenters. The summed E-state index contributed by atoms with van der Waals surface area (Å²) >= 11 is 1.17. The fourth-order valence-corrected chi connectivity index (χ4v) is 4.01. The fourth-order valence-electron chi connectivity index (χ4n) is 3.11. The van der Waals surface area contributed by atoms with Crippen LogP contribution in [0.3, 0.4) is 0 Å². The van der Waals surface area contributed by atoms with Crippen molar-refractivity contribution in [3.05, 3.63) is 28.8 Å². The highest BCUT2D eigenvalue weighted by Gasteiger charge is 2.17. The van der Waals surface area contributed by atoms with E-state index in [0.29, 0.717) is 28.8 Å². The molecule has 2 aromatic rings. The lowest BCUT2D eigenvalue weighted by Gasteiger charge is -2.26. The molecule has 1 N–H and O–H groups in total. The van der Waals surface area contributed by atoms with E-state index in [-0.39, 0.29) is 4.88 Å². The highest BCUT2D eigenvalue weighted by molar-refractivity contribution is 7.17. The number of piperidine rings is 1. The van der Waals surface area contributed by atoms with Gasteiger partial charge in [-0.25, -0.2) is 9.78 Å². The first-order valence-corrected chi connectivity index (χ1v) is 9.64. The second kappa shape index (κ2) is 8.51. The van der Waals surface area contributed by atoms with Gasteiger partial charge in [-0.2, -0.15) is 0 Å². The number of aromatic carboxylic acids is 1. The van der Waals surface area contributed by atoms with Crippen molar-refractivity contribution in [3.63, 3.8) is 0 Å². The molecule has 7 heteroatoms. The molecule has 1 fully saturated rings. The summed E-state index contributed by atoms with van der Waals surface area (Å²) in [4.78, 5) is 18.3. The Morgan fingerprint density at radius 1 is 1.27 bits per heavy atom. The topological polar surface area (TPSA) is 71.9 Å². The number of aromatic nitrogens is 1. The average molecular weight is 376 g/mol. The molecule has 1 aliphatic rings. The van der Waals surface area contributed by atoms with Gasteiger partial charge in [0.1, 0.15) is 16.5 Å². The third kappa shape index (κ3) is 4.34. The predicted molar refractivity (Wildman–Crippen MR) is 102 cm³/mol. The lowest BCUT2D eigenvalue weighted by Crippen LogP contribution is -2.33. The van der Waals surface area contributed by atoms with Crippen molar-refractivity contribution in [1.29, 1.82) is 0 Å². The Kier molecular flexibility index (Phi) is 6.11. The number of hydrogen-bond donors (Lipinski definition) is 1. The Labute approximate surface area is 157 Å². The first-order valence-electron chi connectivity index (χ1n) is 8.83. The summed E-state index contributed by atoms with van der Waals surface area (Å²) in [6.45, 7) is 5.47. The molecule has 1 saturated heterocycles. The summed E-state index contributed by atoms with van der Waals surface area (Å²) in [5, 5.41) is 9.89. The van der Waals surface area contributed by atoms with Crippen molar-refractivity contribution in [1.82, 2.24) is 9.88 Å². The first kappa shape index (κ1) is 18.7. The van der Waals surface area contributed by atoms with E-state index in [9.17, 15) is 9.90 Å². The largest absolute Gasteiger partial charge is 0.493 e. The molecule has 0 radical (unpaired) electrons. The molecule has 3 rings (SSSR count). The normalized spacial score (nSPS) is 15.0. The summed E-state index contributed by atoms with van der Waals surface area (Å²) in [5.41, 5.74) is 1.36. The Morgan fingerprint density at radius 2 is 2.04 bits per heavy atom. The Hall–Kier alpha value is -2.12. The molecule has 6 nitrogen and oxygen atoms in total. The van der Waals surface area contributed by atoms with Crippen LogP contribution in [0.5, 0.6) is 11.5 Å². The van der Waals surface area contributed by atoms with Gasteiger partial charge in [0.15, 0.2) is 11.5 Å². The van der Waals surface area contributed by atoms with Gasteiger partial charge in [-0.05, 0) is 51.1 Å². The van der Waals surface area contributed by atoms with Crippen LogP contribution in [0.15, 0.2) is 18.2 Å². The number of likely N-dealkylation sites (tertiary alicyclic amines) is 1. The Morgan fingerprint density at radius 3 is 2.69 bits per heavy atom. The summed E-state index contributed by atoms with van der Waals surface area (Å²) < 4.78 is 11.4. The lowest BCUT2D eigenvalue weighted by atomic mass is 10.1. The molecule has 140 valence electrons. The maximum absolute atomic E-state index is 11.2. The number of thiazole rings is 1. The molecule has 0 aliphatic carbocycles. The van der Waals surface area contributed by atoms with E-state index in [0.717, 1.165) is 25.2 Å². The second-order valence-corrected chi connectivity index (χ2v) is 7.35. The van der Waals surface area contributed by atoms with Gasteiger partial charge < -0.3 is 14.6 Å². The molecule has 26 heavy (non-hydrogen) atoms. The van der Waals surface area contributed by atoms with Gasteiger partial charge in [0.2, 0.25) is 0 Å². The van der Waals surface area contributed by atoms with Crippen LogP contribution in [-0.4, -0.2) is 54.3 Å². The number of carboxylic acids is 1. The maximum Gasteiger partial charge on any atom is 0.347 e. The van der Waals surface area contributed by atoms with Crippen LogP contribution in [0.1, 0.15) is 34.6 Å². The monoisotopic (exact) mass is 376 g/mol. The van der Waals surface area contributed by atoms with Gasteiger partial charge in [0.25, 0.3) is 0 Å². The van der Waals surface area contributed by atoms with E-state index in [1.165, 1.54) is 30.6 Å². The van der Waals surface area contributed by atoms with Crippen LogP contribution >= 0.6 is 11.3 Å². The molecular formula is C19H24N2O4S. The van der Waals surface area contributed by atoms with E-state index in [1.807, 2.05) is 18.2 Å². The van der Waals surface area contributed by atoms with Crippen LogP contribution in [0.2, 0.25) is 0 Å². The summed E-state index contributed by atoms with van der Waals surface area (Å²) in [6.07, 6.45) is 3.83. The molecule has 0 amide bonds. The van der Waals surface area contributed by atoms with Crippen LogP contribution in [0.4, 0.5) is 0 Å². The van der Waals surface area contributed by atoms with Crippen LogP contribution in [0.25, 0.3) is 10.6 Å². The second-order valence-electron chi connectivity index (χ2n) is 6.36. The van der Waals surface area contributed by atoms with Crippen LogP contribution in [0, 0.1) is 6.92 Å². The molecule has 1 aliphatic heterocycles. The number of nitrogens with zero attached hydrogens (tertiary/aromatic N) is 2. The zero-order valence-electron chi connectivity index (χ0n) is 15.2. The van der Waals surface area contributed by atoms with E-state index in [2.05, 4.69) is 9.88 Å². The van der Waals surface area contributed by atoms with E-state index in [1.54, 1.807) is 14.0 Å².